The van der Waals surface area contributed by atoms with Crippen LogP contribution in [0.1, 0.15) is 12.6 Å². The number of benzene rings is 1. The Bertz CT molecular complexity index is 511. The van der Waals surface area contributed by atoms with Gasteiger partial charge in [-0.25, -0.2) is 0 Å². The Balaban J connectivity index is 1.92. The normalized spacial score (nSPS) is 10.1. The molecule has 2 aromatic rings. The fourth-order valence-electron chi connectivity index (χ4n) is 1.48. The number of amides is 1. The minimum absolute atomic E-state index is 0.0520. The third-order valence-corrected chi connectivity index (χ3v) is 3.33. The molecule has 0 radical (unpaired) electrons. The molecule has 1 heterocycles. The van der Waals surface area contributed by atoms with Crippen molar-refractivity contribution in [2.24, 2.45) is 0 Å². The Kier molecular flexibility index (Phi) is 4.36. The van der Waals surface area contributed by atoms with E-state index in [-0.39, 0.29) is 5.91 Å². The summed E-state index contributed by atoms with van der Waals surface area (Å²) in [5, 5.41) is 2.75. The van der Waals surface area contributed by atoms with Crippen molar-refractivity contribution < 1.29 is 4.79 Å². The molecule has 1 amide bonds. The quantitative estimate of drug-likeness (QED) is 0.855. The summed E-state index contributed by atoms with van der Waals surface area (Å²) in [5.41, 5.74) is 1.89. The van der Waals surface area contributed by atoms with Gasteiger partial charge in [-0.15, -0.1) is 11.8 Å². The van der Waals surface area contributed by atoms with Gasteiger partial charge < -0.3 is 5.32 Å². The number of anilines is 1. The number of rotatable bonds is 4. The van der Waals surface area contributed by atoms with E-state index in [2.05, 4.69) is 10.3 Å². The number of thioether (sulfide) groups is 1. The summed E-state index contributed by atoms with van der Waals surface area (Å²) in [7, 11) is 0. The van der Waals surface area contributed by atoms with Crippen LogP contribution in [0.15, 0.2) is 53.6 Å². The molecule has 2 rings (SSSR count). The molecule has 1 aromatic heterocycles. The highest BCUT2D eigenvalue weighted by Gasteiger charge is 1.98. The number of carbonyl (C=O) groups is 1. The van der Waals surface area contributed by atoms with Crippen LogP contribution in [0.3, 0.4) is 0 Å². The van der Waals surface area contributed by atoms with Crippen molar-refractivity contribution in [2.75, 3.05) is 5.32 Å². The lowest BCUT2D eigenvalue weighted by Gasteiger charge is -2.04. The summed E-state index contributed by atoms with van der Waals surface area (Å²) in [5.74, 6) is 0.796. The van der Waals surface area contributed by atoms with E-state index in [0.29, 0.717) is 0 Å². The molecular weight excluding hydrogens is 244 g/mol. The van der Waals surface area contributed by atoms with Gasteiger partial charge in [0.2, 0.25) is 5.91 Å². The fraction of sp³-hybridized carbons (Fsp3) is 0.143. The number of aromatic nitrogens is 1. The molecule has 1 aromatic carbocycles. The van der Waals surface area contributed by atoms with Gasteiger partial charge >= 0.3 is 0 Å². The van der Waals surface area contributed by atoms with Crippen molar-refractivity contribution in [3.8, 4) is 0 Å². The molecular formula is C14H14N2OS. The first-order chi connectivity index (χ1) is 8.74. The highest BCUT2D eigenvalue weighted by molar-refractivity contribution is 7.98. The SMILES string of the molecule is CC(=O)Nc1ccc(SCc2ccccn2)cc1. The predicted molar refractivity (Wildman–Crippen MR) is 74.5 cm³/mol. The summed E-state index contributed by atoms with van der Waals surface area (Å²) in [6.45, 7) is 1.50. The smallest absolute Gasteiger partial charge is 0.221 e. The van der Waals surface area contributed by atoms with Gasteiger partial charge in [-0.05, 0) is 36.4 Å². The molecule has 18 heavy (non-hydrogen) atoms. The van der Waals surface area contributed by atoms with Gasteiger partial charge in [0, 0.05) is 29.5 Å². The summed E-state index contributed by atoms with van der Waals surface area (Å²) in [4.78, 5) is 16.3. The Morgan fingerprint density at radius 1 is 1.22 bits per heavy atom. The topological polar surface area (TPSA) is 42.0 Å². The van der Waals surface area contributed by atoms with Crippen LogP contribution in [-0.4, -0.2) is 10.9 Å². The lowest BCUT2D eigenvalue weighted by Crippen LogP contribution is -2.05. The van der Waals surface area contributed by atoms with Gasteiger partial charge in [0.05, 0.1) is 5.69 Å². The monoisotopic (exact) mass is 258 g/mol. The van der Waals surface area contributed by atoms with Gasteiger partial charge in [-0.3, -0.25) is 9.78 Å². The van der Waals surface area contributed by atoms with E-state index in [9.17, 15) is 4.79 Å². The molecule has 0 fully saturated rings. The van der Waals surface area contributed by atoms with Crippen molar-refractivity contribution >= 4 is 23.4 Å². The molecule has 0 atom stereocenters. The lowest BCUT2D eigenvalue weighted by molar-refractivity contribution is -0.114. The van der Waals surface area contributed by atoms with E-state index in [4.69, 9.17) is 0 Å². The first-order valence-electron chi connectivity index (χ1n) is 5.64. The number of hydrogen-bond donors (Lipinski definition) is 1. The molecule has 0 aliphatic carbocycles. The molecule has 4 heteroatoms. The average Bonchev–Trinajstić information content (AvgIpc) is 2.38. The second-order valence-electron chi connectivity index (χ2n) is 3.82. The molecule has 0 aliphatic heterocycles. The van der Waals surface area contributed by atoms with Crippen molar-refractivity contribution in [3.63, 3.8) is 0 Å². The van der Waals surface area contributed by atoms with Gasteiger partial charge in [-0.2, -0.15) is 0 Å². The van der Waals surface area contributed by atoms with Crippen LogP contribution >= 0.6 is 11.8 Å². The van der Waals surface area contributed by atoms with Gasteiger partial charge in [-0.1, -0.05) is 6.07 Å². The summed E-state index contributed by atoms with van der Waals surface area (Å²) >= 11 is 1.73. The zero-order valence-corrected chi connectivity index (χ0v) is 10.9. The molecule has 1 N–H and O–H groups in total. The fourth-order valence-corrected chi connectivity index (χ4v) is 2.29. The maximum absolute atomic E-state index is 10.9. The van der Waals surface area contributed by atoms with Crippen LogP contribution in [-0.2, 0) is 10.5 Å². The van der Waals surface area contributed by atoms with Crippen LogP contribution in [0.25, 0.3) is 0 Å². The first kappa shape index (κ1) is 12.6. The van der Waals surface area contributed by atoms with E-state index in [1.54, 1.807) is 18.0 Å². The van der Waals surface area contributed by atoms with Crippen LogP contribution in [0, 0.1) is 0 Å². The zero-order chi connectivity index (χ0) is 12.8. The van der Waals surface area contributed by atoms with Gasteiger partial charge in [0.15, 0.2) is 0 Å². The number of carbonyl (C=O) groups excluding carboxylic acids is 1. The van der Waals surface area contributed by atoms with E-state index in [1.165, 1.54) is 6.92 Å². The van der Waals surface area contributed by atoms with Crippen molar-refractivity contribution in [3.05, 3.63) is 54.4 Å². The molecule has 0 saturated carbocycles. The van der Waals surface area contributed by atoms with Crippen molar-refractivity contribution in [1.29, 1.82) is 0 Å². The predicted octanol–water partition coefficient (Wildman–Crippen LogP) is 3.33. The third-order valence-electron chi connectivity index (χ3n) is 2.29. The van der Waals surface area contributed by atoms with Crippen LogP contribution in [0.4, 0.5) is 5.69 Å². The van der Waals surface area contributed by atoms with Gasteiger partial charge in [0.1, 0.15) is 0 Å². The molecule has 92 valence electrons. The van der Waals surface area contributed by atoms with E-state index in [0.717, 1.165) is 22.0 Å². The van der Waals surface area contributed by atoms with E-state index >= 15 is 0 Å². The molecule has 0 spiro atoms. The van der Waals surface area contributed by atoms with E-state index in [1.807, 2.05) is 42.5 Å². The van der Waals surface area contributed by atoms with Gasteiger partial charge in [0.25, 0.3) is 0 Å². The van der Waals surface area contributed by atoms with Crippen molar-refractivity contribution in [2.45, 2.75) is 17.6 Å². The second-order valence-corrected chi connectivity index (χ2v) is 4.86. The number of nitrogens with one attached hydrogen (secondary N) is 1. The van der Waals surface area contributed by atoms with E-state index < -0.39 is 0 Å². The third kappa shape index (κ3) is 3.89. The Morgan fingerprint density at radius 3 is 2.61 bits per heavy atom. The molecule has 0 bridgehead atoms. The van der Waals surface area contributed by atoms with Crippen LogP contribution < -0.4 is 5.32 Å². The first-order valence-corrected chi connectivity index (χ1v) is 6.63. The maximum Gasteiger partial charge on any atom is 0.221 e. The number of nitrogens with zero attached hydrogens (tertiary/aromatic N) is 1. The Morgan fingerprint density at radius 2 is 2.00 bits per heavy atom. The number of hydrogen-bond acceptors (Lipinski definition) is 3. The summed E-state index contributed by atoms with van der Waals surface area (Å²) in [6.07, 6.45) is 1.80. The second kappa shape index (κ2) is 6.21. The minimum Gasteiger partial charge on any atom is -0.326 e. The molecule has 0 aliphatic rings. The lowest BCUT2D eigenvalue weighted by atomic mass is 10.3. The molecule has 0 saturated heterocycles. The highest BCUT2D eigenvalue weighted by Crippen LogP contribution is 2.23. The zero-order valence-electron chi connectivity index (χ0n) is 10.1. The Labute approximate surface area is 111 Å². The minimum atomic E-state index is -0.0520. The number of pyridine rings is 1. The standard InChI is InChI=1S/C14H14N2OS/c1-11(17)16-12-5-7-14(8-6-12)18-10-13-4-2-3-9-15-13/h2-9H,10H2,1H3,(H,16,17). The molecule has 3 nitrogen and oxygen atoms in total. The Hall–Kier alpha value is -1.81. The van der Waals surface area contributed by atoms with Crippen LogP contribution in [0.2, 0.25) is 0 Å². The van der Waals surface area contributed by atoms with Crippen molar-refractivity contribution in [1.82, 2.24) is 4.98 Å². The summed E-state index contributed by atoms with van der Waals surface area (Å²) in [6, 6.07) is 13.7. The largest absolute Gasteiger partial charge is 0.326 e. The average molecular weight is 258 g/mol. The summed E-state index contributed by atoms with van der Waals surface area (Å²) < 4.78 is 0. The van der Waals surface area contributed by atoms with Crippen LogP contribution in [0.5, 0.6) is 0 Å². The molecule has 0 unspecified atom stereocenters. The highest BCUT2D eigenvalue weighted by atomic mass is 32.2. The maximum atomic E-state index is 10.9.